The van der Waals surface area contributed by atoms with Crippen molar-refractivity contribution < 1.29 is 13.2 Å². The summed E-state index contributed by atoms with van der Waals surface area (Å²) >= 11 is 0. The molecule has 1 saturated heterocycles. The van der Waals surface area contributed by atoms with Crippen LogP contribution < -0.4 is 5.32 Å². The van der Waals surface area contributed by atoms with E-state index in [2.05, 4.69) is 22.3 Å². The number of carbonyl (C=O) groups is 1. The minimum absolute atomic E-state index is 0.0388. The molecular weight excluding hydrogens is 324 g/mol. The highest BCUT2D eigenvalue weighted by atomic mass is 32.2. The fourth-order valence-electron chi connectivity index (χ4n) is 3.30. The van der Waals surface area contributed by atoms with E-state index in [4.69, 9.17) is 0 Å². The number of sulfone groups is 1. The van der Waals surface area contributed by atoms with Crippen molar-refractivity contribution in [3.8, 4) is 0 Å². The summed E-state index contributed by atoms with van der Waals surface area (Å²) in [4.78, 5) is 14.6. The van der Waals surface area contributed by atoms with Crippen LogP contribution in [0.5, 0.6) is 0 Å². The van der Waals surface area contributed by atoms with Crippen LogP contribution in [0.3, 0.4) is 0 Å². The lowest BCUT2D eigenvalue weighted by Gasteiger charge is -2.22. The maximum Gasteiger partial charge on any atom is 0.226 e. The molecule has 0 bridgehead atoms. The molecule has 1 aliphatic heterocycles. The summed E-state index contributed by atoms with van der Waals surface area (Å²) in [6, 6.07) is 10.2. The number of nitrogens with one attached hydrogen (secondary N) is 1. The lowest BCUT2D eigenvalue weighted by Crippen LogP contribution is -2.43. The second kappa shape index (κ2) is 6.48. The van der Waals surface area contributed by atoms with Gasteiger partial charge in [-0.3, -0.25) is 9.69 Å². The monoisotopic (exact) mass is 350 g/mol. The first kappa shape index (κ1) is 17.4. The zero-order valence-corrected chi connectivity index (χ0v) is 15.2. The smallest absolute Gasteiger partial charge is 0.226 e. The van der Waals surface area contributed by atoms with Gasteiger partial charge in [-0.15, -0.1) is 0 Å². The lowest BCUT2D eigenvalue weighted by atomic mass is 9.94. The average molecular weight is 350 g/mol. The molecule has 1 aliphatic carbocycles. The van der Waals surface area contributed by atoms with Crippen molar-refractivity contribution in [3.63, 3.8) is 0 Å². The van der Waals surface area contributed by atoms with E-state index >= 15 is 0 Å². The van der Waals surface area contributed by atoms with Gasteiger partial charge in [-0.1, -0.05) is 37.3 Å². The number of rotatable bonds is 6. The first-order chi connectivity index (χ1) is 11.3. The van der Waals surface area contributed by atoms with Gasteiger partial charge < -0.3 is 5.32 Å². The predicted octanol–water partition coefficient (Wildman–Crippen LogP) is 1.42. The predicted molar refractivity (Wildman–Crippen MR) is 94.6 cm³/mol. The Morgan fingerprint density at radius 1 is 1.25 bits per heavy atom. The molecule has 1 N–H and O–H groups in total. The second-order valence-electron chi connectivity index (χ2n) is 7.55. The SMILES string of the molecule is CC1(C(=O)N[C@@H]2CN(CCS(C)(=O)=O)C[C@H]2c2ccccc2)CC1. The standard InChI is InChI=1S/C18H26N2O3S/c1-18(8-9-18)17(21)19-16-13-20(10-11-24(2,22)23)12-15(16)14-6-4-3-5-7-14/h3-7,15-16H,8-13H2,1-2H3,(H,19,21)/t15-,16+/m0/s1. The van der Waals surface area contributed by atoms with Gasteiger partial charge in [-0.2, -0.15) is 0 Å². The summed E-state index contributed by atoms with van der Waals surface area (Å²) < 4.78 is 22.9. The molecule has 5 nitrogen and oxygen atoms in total. The van der Waals surface area contributed by atoms with Crippen molar-refractivity contribution in [2.24, 2.45) is 5.41 Å². The zero-order valence-electron chi connectivity index (χ0n) is 14.4. The Morgan fingerprint density at radius 3 is 2.50 bits per heavy atom. The van der Waals surface area contributed by atoms with Crippen molar-refractivity contribution in [1.82, 2.24) is 10.2 Å². The van der Waals surface area contributed by atoms with Crippen molar-refractivity contribution in [2.75, 3.05) is 31.6 Å². The maximum atomic E-state index is 12.5. The summed E-state index contributed by atoms with van der Waals surface area (Å²) in [7, 11) is -2.98. The summed E-state index contributed by atoms with van der Waals surface area (Å²) in [6.07, 6.45) is 3.18. The lowest BCUT2D eigenvalue weighted by molar-refractivity contribution is -0.126. The molecule has 24 heavy (non-hydrogen) atoms. The van der Waals surface area contributed by atoms with E-state index in [1.807, 2.05) is 25.1 Å². The van der Waals surface area contributed by atoms with Crippen molar-refractivity contribution in [3.05, 3.63) is 35.9 Å². The molecule has 2 atom stereocenters. The number of carbonyl (C=O) groups excluding carboxylic acids is 1. The van der Waals surface area contributed by atoms with Gasteiger partial charge in [-0.25, -0.2) is 8.42 Å². The van der Waals surface area contributed by atoms with Crippen LogP contribution in [-0.4, -0.2) is 56.9 Å². The summed E-state index contributed by atoms with van der Waals surface area (Å²) in [6.45, 7) is 4.01. The highest BCUT2D eigenvalue weighted by Crippen LogP contribution is 2.45. The van der Waals surface area contributed by atoms with E-state index in [0.717, 1.165) is 19.4 Å². The number of benzene rings is 1. The van der Waals surface area contributed by atoms with Crippen LogP contribution in [0.2, 0.25) is 0 Å². The molecule has 1 saturated carbocycles. The number of likely N-dealkylation sites (tertiary alicyclic amines) is 1. The number of hydrogen-bond acceptors (Lipinski definition) is 4. The minimum atomic E-state index is -2.98. The normalized spacial score (nSPS) is 26.2. The second-order valence-corrected chi connectivity index (χ2v) is 9.81. The topological polar surface area (TPSA) is 66.5 Å². The summed E-state index contributed by atoms with van der Waals surface area (Å²) in [5.74, 6) is 0.503. The van der Waals surface area contributed by atoms with E-state index in [0.29, 0.717) is 13.1 Å². The van der Waals surface area contributed by atoms with Gasteiger partial charge in [0.25, 0.3) is 0 Å². The van der Waals surface area contributed by atoms with Crippen molar-refractivity contribution in [2.45, 2.75) is 31.7 Å². The Morgan fingerprint density at radius 2 is 1.92 bits per heavy atom. The molecular formula is C18H26N2O3S. The fourth-order valence-corrected chi connectivity index (χ4v) is 3.89. The van der Waals surface area contributed by atoms with E-state index in [1.54, 1.807) is 0 Å². The fraction of sp³-hybridized carbons (Fsp3) is 0.611. The van der Waals surface area contributed by atoms with Crippen LogP contribution in [-0.2, 0) is 14.6 Å². The first-order valence-electron chi connectivity index (χ1n) is 8.53. The number of amides is 1. The molecule has 2 aliphatic rings. The molecule has 0 unspecified atom stereocenters. The van der Waals surface area contributed by atoms with Gasteiger partial charge in [0.2, 0.25) is 5.91 Å². The van der Waals surface area contributed by atoms with Gasteiger partial charge in [0.05, 0.1) is 5.75 Å². The quantitative estimate of drug-likeness (QED) is 0.842. The third-order valence-corrected chi connectivity index (χ3v) is 6.19. The Bertz CT molecular complexity index is 698. The van der Waals surface area contributed by atoms with Crippen molar-refractivity contribution >= 4 is 15.7 Å². The molecule has 1 amide bonds. The molecule has 6 heteroatoms. The van der Waals surface area contributed by atoms with E-state index < -0.39 is 9.84 Å². The third kappa shape index (κ3) is 4.16. The number of nitrogens with zero attached hydrogens (tertiary/aromatic N) is 1. The first-order valence-corrected chi connectivity index (χ1v) is 10.6. The van der Waals surface area contributed by atoms with Crippen molar-refractivity contribution in [1.29, 1.82) is 0 Å². The molecule has 2 fully saturated rings. The summed E-state index contributed by atoms with van der Waals surface area (Å²) in [5.41, 5.74) is 1.01. The van der Waals surface area contributed by atoms with E-state index in [1.165, 1.54) is 11.8 Å². The van der Waals surface area contributed by atoms with Crippen LogP contribution in [0.25, 0.3) is 0 Å². The molecule has 3 rings (SSSR count). The van der Waals surface area contributed by atoms with Crippen LogP contribution in [0.1, 0.15) is 31.2 Å². The molecule has 0 radical (unpaired) electrons. The maximum absolute atomic E-state index is 12.5. The van der Waals surface area contributed by atoms with Crippen LogP contribution in [0.15, 0.2) is 30.3 Å². The Hall–Kier alpha value is -1.40. The molecule has 1 aromatic rings. The Balaban J connectivity index is 1.71. The highest BCUT2D eigenvalue weighted by Gasteiger charge is 2.46. The molecule has 0 aromatic heterocycles. The minimum Gasteiger partial charge on any atom is -0.351 e. The average Bonchev–Trinajstić information content (AvgIpc) is 3.16. The van der Waals surface area contributed by atoms with Gasteiger partial charge in [-0.05, 0) is 18.4 Å². The third-order valence-electron chi connectivity index (χ3n) is 5.27. The van der Waals surface area contributed by atoms with Gasteiger partial charge >= 0.3 is 0 Å². The van der Waals surface area contributed by atoms with E-state index in [9.17, 15) is 13.2 Å². The molecule has 0 spiro atoms. The Kier molecular flexibility index (Phi) is 4.71. The zero-order chi connectivity index (χ0) is 17.4. The van der Waals surface area contributed by atoms with Crippen LogP contribution in [0, 0.1) is 5.41 Å². The largest absolute Gasteiger partial charge is 0.351 e. The number of hydrogen-bond donors (Lipinski definition) is 1. The van der Waals surface area contributed by atoms with E-state index in [-0.39, 0.29) is 29.0 Å². The summed E-state index contributed by atoms with van der Waals surface area (Å²) in [5, 5.41) is 3.23. The van der Waals surface area contributed by atoms with Gasteiger partial charge in [0.1, 0.15) is 9.84 Å². The van der Waals surface area contributed by atoms with Gasteiger partial charge in [0.15, 0.2) is 0 Å². The molecule has 132 valence electrons. The Labute approximate surface area is 144 Å². The highest BCUT2D eigenvalue weighted by molar-refractivity contribution is 7.90. The van der Waals surface area contributed by atoms with Gasteiger partial charge in [0, 0.05) is 43.3 Å². The van der Waals surface area contributed by atoms with Crippen LogP contribution >= 0.6 is 0 Å². The molecule has 1 heterocycles. The van der Waals surface area contributed by atoms with Crippen LogP contribution in [0.4, 0.5) is 0 Å². The molecule has 1 aromatic carbocycles.